The number of nitrogens with one attached hydrogen (secondary N) is 1. The van der Waals surface area contributed by atoms with Gasteiger partial charge in [0, 0.05) is 17.8 Å². The molecule has 0 bridgehead atoms. The number of rotatable bonds is 3. The number of nitriles is 1. The zero-order valence-electron chi connectivity index (χ0n) is 14.2. The number of alkyl halides is 3. The van der Waals surface area contributed by atoms with Gasteiger partial charge in [-0.3, -0.25) is 0 Å². The van der Waals surface area contributed by atoms with E-state index in [2.05, 4.69) is 15.3 Å². The van der Waals surface area contributed by atoms with Crippen molar-refractivity contribution in [1.29, 1.82) is 5.26 Å². The third-order valence-corrected chi connectivity index (χ3v) is 4.61. The van der Waals surface area contributed by atoms with E-state index in [1.54, 1.807) is 0 Å². The van der Waals surface area contributed by atoms with Crippen LogP contribution in [0.5, 0.6) is 0 Å². The molecule has 4 nitrogen and oxygen atoms in total. The Labute approximate surface area is 150 Å². The molecule has 26 heavy (non-hydrogen) atoms. The van der Waals surface area contributed by atoms with Gasteiger partial charge < -0.3 is 5.32 Å². The van der Waals surface area contributed by atoms with Gasteiger partial charge in [0.15, 0.2) is 0 Å². The van der Waals surface area contributed by atoms with Gasteiger partial charge in [-0.05, 0) is 30.5 Å². The summed E-state index contributed by atoms with van der Waals surface area (Å²) < 4.78 is 38.3. The molecule has 1 aliphatic rings. The largest absolute Gasteiger partial charge is 0.416 e. The van der Waals surface area contributed by atoms with Crippen LogP contribution in [0.3, 0.4) is 0 Å². The minimum Gasteiger partial charge on any atom is -0.367 e. The van der Waals surface area contributed by atoms with Crippen molar-refractivity contribution in [2.45, 2.75) is 50.7 Å². The fourth-order valence-electron chi connectivity index (χ4n) is 3.21. The van der Waals surface area contributed by atoms with E-state index >= 15 is 0 Å². The van der Waals surface area contributed by atoms with E-state index in [4.69, 9.17) is 5.26 Å². The SMILES string of the molecule is N#Cc1ncc(-c2ccc(C(F)(F)F)cc2)c(NC2CCCCCC2)n1. The van der Waals surface area contributed by atoms with Crippen molar-refractivity contribution in [2.24, 2.45) is 0 Å². The van der Waals surface area contributed by atoms with Crippen molar-refractivity contribution in [1.82, 2.24) is 9.97 Å². The first kappa shape index (κ1) is 18.2. The quantitative estimate of drug-likeness (QED) is 0.767. The van der Waals surface area contributed by atoms with Gasteiger partial charge in [-0.1, -0.05) is 37.8 Å². The first-order valence-electron chi connectivity index (χ1n) is 8.68. The minimum atomic E-state index is -4.37. The van der Waals surface area contributed by atoms with Crippen LogP contribution in [-0.4, -0.2) is 16.0 Å². The molecule has 1 aromatic carbocycles. The number of nitrogens with zero attached hydrogens (tertiary/aromatic N) is 3. The zero-order valence-corrected chi connectivity index (χ0v) is 14.2. The van der Waals surface area contributed by atoms with Crippen LogP contribution < -0.4 is 5.32 Å². The summed E-state index contributed by atoms with van der Waals surface area (Å²) in [6.07, 6.45) is 3.81. The fraction of sp³-hybridized carbons (Fsp3) is 0.421. The summed E-state index contributed by atoms with van der Waals surface area (Å²) in [6, 6.07) is 7.06. The fourth-order valence-corrected chi connectivity index (χ4v) is 3.21. The van der Waals surface area contributed by atoms with E-state index in [1.165, 1.54) is 31.2 Å². The maximum Gasteiger partial charge on any atom is 0.416 e. The summed E-state index contributed by atoms with van der Waals surface area (Å²) >= 11 is 0. The first-order valence-corrected chi connectivity index (χ1v) is 8.68. The molecule has 0 atom stereocenters. The molecule has 0 spiro atoms. The average Bonchev–Trinajstić information content (AvgIpc) is 2.90. The highest BCUT2D eigenvalue weighted by Gasteiger charge is 2.30. The molecule has 0 saturated heterocycles. The summed E-state index contributed by atoms with van der Waals surface area (Å²) in [5.74, 6) is 0.542. The van der Waals surface area contributed by atoms with Crippen LogP contribution in [0.1, 0.15) is 49.9 Å². The highest BCUT2D eigenvalue weighted by molar-refractivity contribution is 5.75. The monoisotopic (exact) mass is 360 g/mol. The van der Waals surface area contributed by atoms with Crippen molar-refractivity contribution < 1.29 is 13.2 Å². The molecule has 1 fully saturated rings. The Balaban J connectivity index is 1.92. The minimum absolute atomic E-state index is 0.0387. The first-order chi connectivity index (χ1) is 12.5. The van der Waals surface area contributed by atoms with Gasteiger partial charge in [0.1, 0.15) is 11.9 Å². The molecule has 1 aromatic heterocycles. The smallest absolute Gasteiger partial charge is 0.367 e. The number of benzene rings is 1. The molecule has 136 valence electrons. The molecule has 0 aliphatic heterocycles. The number of halogens is 3. The molecule has 0 unspecified atom stereocenters. The van der Waals surface area contributed by atoms with Gasteiger partial charge >= 0.3 is 6.18 Å². The van der Waals surface area contributed by atoms with Crippen molar-refractivity contribution in [3.63, 3.8) is 0 Å². The zero-order chi connectivity index (χ0) is 18.6. The summed E-state index contributed by atoms with van der Waals surface area (Å²) in [6.45, 7) is 0. The van der Waals surface area contributed by atoms with Gasteiger partial charge in [0.25, 0.3) is 0 Å². The molecule has 1 heterocycles. The van der Waals surface area contributed by atoms with Crippen LogP contribution in [0, 0.1) is 11.3 Å². The van der Waals surface area contributed by atoms with E-state index < -0.39 is 11.7 Å². The maximum atomic E-state index is 12.8. The second kappa shape index (κ2) is 7.73. The van der Waals surface area contributed by atoms with Gasteiger partial charge in [0.2, 0.25) is 5.82 Å². The van der Waals surface area contributed by atoms with E-state index in [1.807, 2.05) is 6.07 Å². The van der Waals surface area contributed by atoms with Crippen molar-refractivity contribution in [3.05, 3.63) is 41.9 Å². The molecule has 1 saturated carbocycles. The highest BCUT2D eigenvalue weighted by atomic mass is 19.4. The number of hydrogen-bond donors (Lipinski definition) is 1. The number of anilines is 1. The Morgan fingerprint density at radius 1 is 1.04 bits per heavy atom. The molecular formula is C19H19F3N4. The second-order valence-corrected chi connectivity index (χ2v) is 6.48. The lowest BCUT2D eigenvalue weighted by Gasteiger charge is -2.19. The van der Waals surface area contributed by atoms with Crippen molar-refractivity contribution in [2.75, 3.05) is 5.32 Å². The van der Waals surface area contributed by atoms with E-state index in [-0.39, 0.29) is 11.9 Å². The lowest BCUT2D eigenvalue weighted by atomic mass is 10.0. The lowest BCUT2D eigenvalue weighted by Crippen LogP contribution is -2.20. The second-order valence-electron chi connectivity index (χ2n) is 6.48. The van der Waals surface area contributed by atoms with Gasteiger partial charge in [-0.25, -0.2) is 9.97 Å². The predicted octanol–water partition coefficient (Wildman–Crippen LogP) is 5.17. The summed E-state index contributed by atoms with van der Waals surface area (Å²) in [7, 11) is 0. The lowest BCUT2D eigenvalue weighted by molar-refractivity contribution is -0.137. The molecule has 2 aromatic rings. The Morgan fingerprint density at radius 3 is 2.27 bits per heavy atom. The average molecular weight is 360 g/mol. The molecule has 0 radical (unpaired) electrons. The molecule has 3 rings (SSSR count). The van der Waals surface area contributed by atoms with Crippen LogP contribution in [-0.2, 0) is 6.18 Å². The standard InChI is InChI=1S/C19H19F3N4/c20-19(21,22)14-9-7-13(8-10-14)16-12-24-17(11-23)26-18(16)25-15-5-3-1-2-4-6-15/h7-10,12,15H,1-6H2,(H,24,25,26). The third kappa shape index (κ3) is 4.31. The van der Waals surface area contributed by atoms with Crippen LogP contribution in [0.4, 0.5) is 19.0 Å². The topological polar surface area (TPSA) is 61.6 Å². The predicted molar refractivity (Wildman–Crippen MR) is 92.3 cm³/mol. The van der Waals surface area contributed by atoms with Gasteiger partial charge in [-0.15, -0.1) is 0 Å². The molecule has 1 aliphatic carbocycles. The molecule has 1 N–H and O–H groups in total. The Morgan fingerprint density at radius 2 is 1.69 bits per heavy atom. The van der Waals surface area contributed by atoms with Crippen LogP contribution in [0.25, 0.3) is 11.1 Å². The number of hydrogen-bond acceptors (Lipinski definition) is 4. The van der Waals surface area contributed by atoms with Crippen molar-refractivity contribution >= 4 is 5.82 Å². The molecule has 0 amide bonds. The third-order valence-electron chi connectivity index (χ3n) is 4.61. The summed E-state index contributed by atoms with van der Waals surface area (Å²) in [5, 5.41) is 12.5. The Hall–Kier alpha value is -2.62. The van der Waals surface area contributed by atoms with E-state index in [9.17, 15) is 13.2 Å². The van der Waals surface area contributed by atoms with Gasteiger partial charge in [-0.2, -0.15) is 18.4 Å². The van der Waals surface area contributed by atoms with Crippen LogP contribution in [0.15, 0.2) is 30.5 Å². The maximum absolute atomic E-state index is 12.8. The van der Waals surface area contributed by atoms with Crippen molar-refractivity contribution in [3.8, 4) is 17.2 Å². The van der Waals surface area contributed by atoms with E-state index in [0.717, 1.165) is 37.8 Å². The van der Waals surface area contributed by atoms with E-state index in [0.29, 0.717) is 16.9 Å². The Bertz CT molecular complexity index is 786. The molecular weight excluding hydrogens is 341 g/mol. The normalized spacial score (nSPS) is 15.9. The summed E-state index contributed by atoms with van der Waals surface area (Å²) in [5.41, 5.74) is 0.481. The molecule has 7 heteroatoms. The van der Waals surface area contributed by atoms with Crippen LogP contribution >= 0.6 is 0 Å². The Kier molecular flexibility index (Phi) is 5.40. The number of aromatic nitrogens is 2. The summed E-state index contributed by atoms with van der Waals surface area (Å²) in [4.78, 5) is 8.24. The van der Waals surface area contributed by atoms with Gasteiger partial charge in [0.05, 0.1) is 5.56 Å². The van der Waals surface area contributed by atoms with Crippen LogP contribution in [0.2, 0.25) is 0 Å². The highest BCUT2D eigenvalue weighted by Crippen LogP contribution is 2.33.